The fraction of sp³-hybridized carbons (Fsp3) is 0.636. The highest BCUT2D eigenvalue weighted by Gasteiger charge is 2.11. The summed E-state index contributed by atoms with van der Waals surface area (Å²) in [5, 5.41) is 0. The van der Waals surface area contributed by atoms with Crippen molar-refractivity contribution < 1.29 is 66.3 Å². The minimum atomic E-state index is 0.336. The number of aromatic nitrogens is 2. The van der Waals surface area contributed by atoms with Gasteiger partial charge >= 0.3 is 0 Å². The van der Waals surface area contributed by atoms with Gasteiger partial charge in [-0.15, -0.1) is 0 Å². The van der Waals surface area contributed by atoms with Crippen molar-refractivity contribution in [2.45, 2.75) is 26.4 Å². The fourth-order valence-corrected chi connectivity index (χ4v) is 5.93. The van der Waals surface area contributed by atoms with Gasteiger partial charge in [0.25, 0.3) is 0 Å². The summed E-state index contributed by atoms with van der Waals surface area (Å²) in [4.78, 5) is 9.68. The maximum Gasteiger partial charge on any atom is 0.0889 e. The van der Waals surface area contributed by atoms with Gasteiger partial charge in [-0.1, -0.05) is 24.3 Å². The van der Waals surface area contributed by atoms with Crippen LogP contribution in [0.25, 0.3) is 22.3 Å². The van der Waals surface area contributed by atoms with E-state index in [2.05, 4.69) is 48.5 Å². The van der Waals surface area contributed by atoms with Crippen LogP contribution in [0.3, 0.4) is 0 Å². The van der Waals surface area contributed by atoms with E-state index in [0.717, 1.165) is 45.0 Å². The number of nitrogens with zero attached hydrogens (tertiary/aromatic N) is 2. The maximum absolute atomic E-state index is 5.95. The van der Waals surface area contributed by atoms with Gasteiger partial charge in [-0.3, -0.25) is 9.97 Å². The SMILES string of the molecule is c1cc(-c2cc3nc(c2)COCCOCCOCCOCCOCCOCCOC3)ccc1-c1cc2nc(c1)COCCOCCOCCOCCOCCOCCOC2. The number of ether oxygens (including phenoxy) is 14. The third kappa shape index (κ3) is 21.2. The molecular formula is C44H64N2O14. The van der Waals surface area contributed by atoms with Gasteiger partial charge in [-0.05, 0) is 46.5 Å². The number of hydrogen-bond donors (Lipinski definition) is 0. The Labute approximate surface area is 354 Å². The van der Waals surface area contributed by atoms with Gasteiger partial charge in [0.05, 0.1) is 208 Å². The molecule has 0 N–H and O–H groups in total. The van der Waals surface area contributed by atoms with Crippen LogP contribution in [0.5, 0.6) is 0 Å². The molecule has 0 fully saturated rings. The lowest BCUT2D eigenvalue weighted by molar-refractivity contribution is -0.0224. The first-order valence-corrected chi connectivity index (χ1v) is 21.0. The van der Waals surface area contributed by atoms with Crippen molar-refractivity contribution in [3.8, 4) is 22.3 Å². The third-order valence-electron chi connectivity index (χ3n) is 8.88. The van der Waals surface area contributed by atoms with Crippen molar-refractivity contribution >= 4 is 0 Å². The molecule has 60 heavy (non-hydrogen) atoms. The van der Waals surface area contributed by atoms with Crippen LogP contribution >= 0.6 is 0 Å². The maximum atomic E-state index is 5.95. The van der Waals surface area contributed by atoms with Gasteiger partial charge in [0.2, 0.25) is 0 Å². The third-order valence-corrected chi connectivity index (χ3v) is 8.88. The lowest BCUT2D eigenvalue weighted by Gasteiger charge is -2.13. The highest BCUT2D eigenvalue weighted by molar-refractivity contribution is 5.71. The van der Waals surface area contributed by atoms with Crippen molar-refractivity contribution in [1.82, 2.24) is 9.97 Å². The summed E-state index contributed by atoms with van der Waals surface area (Å²) in [6.07, 6.45) is 0. The van der Waals surface area contributed by atoms with Crippen LogP contribution in [0, 0.1) is 0 Å². The molecule has 16 heteroatoms. The molecule has 4 heterocycles. The van der Waals surface area contributed by atoms with E-state index < -0.39 is 0 Å². The van der Waals surface area contributed by atoms with Gasteiger partial charge in [-0.25, -0.2) is 0 Å². The molecular weight excluding hydrogens is 780 g/mol. The Kier molecular flexibility index (Phi) is 25.4. The Morgan fingerprint density at radius 1 is 0.217 bits per heavy atom. The second-order valence-corrected chi connectivity index (χ2v) is 13.6. The molecule has 0 saturated carbocycles. The molecule has 2 aliphatic rings. The number of benzene rings is 1. The zero-order valence-corrected chi connectivity index (χ0v) is 35.0. The quantitative estimate of drug-likeness (QED) is 0.364. The Hall–Kier alpha value is -3.04. The van der Waals surface area contributed by atoms with E-state index in [-0.39, 0.29) is 0 Å². The molecule has 0 amide bonds. The average Bonchev–Trinajstić information content (AvgIpc) is 3.26. The van der Waals surface area contributed by atoms with Crippen molar-refractivity contribution in [3.63, 3.8) is 0 Å². The van der Waals surface area contributed by atoms with Crippen LogP contribution in [0.1, 0.15) is 22.8 Å². The number of rotatable bonds is 2. The molecule has 4 bridgehead atoms. The molecule has 0 saturated heterocycles. The second-order valence-electron chi connectivity index (χ2n) is 13.6. The molecule has 5 rings (SSSR count). The van der Waals surface area contributed by atoms with Crippen LogP contribution < -0.4 is 0 Å². The first kappa shape index (κ1) is 48.0. The molecule has 0 atom stereocenters. The van der Waals surface area contributed by atoms with E-state index in [0.29, 0.717) is 185 Å². The Morgan fingerprint density at radius 3 is 0.567 bits per heavy atom. The molecule has 334 valence electrons. The Bertz CT molecular complexity index is 1340. The number of pyridine rings is 2. The van der Waals surface area contributed by atoms with E-state index in [9.17, 15) is 0 Å². The summed E-state index contributed by atoms with van der Waals surface area (Å²) >= 11 is 0. The molecule has 0 radical (unpaired) electrons. The lowest BCUT2D eigenvalue weighted by atomic mass is 9.99. The zero-order chi connectivity index (χ0) is 41.4. The molecule has 0 unspecified atom stereocenters. The minimum Gasteiger partial charge on any atom is -0.377 e. The van der Waals surface area contributed by atoms with Crippen LogP contribution in [0.15, 0.2) is 48.5 Å². The second kappa shape index (κ2) is 31.8. The highest BCUT2D eigenvalue weighted by atomic mass is 16.6. The lowest BCUT2D eigenvalue weighted by Crippen LogP contribution is -2.15. The van der Waals surface area contributed by atoms with Crippen LogP contribution in [-0.4, -0.2) is 169 Å². The molecule has 2 aliphatic heterocycles. The predicted molar refractivity (Wildman–Crippen MR) is 220 cm³/mol. The summed E-state index contributed by atoms with van der Waals surface area (Å²) < 4.78 is 79.8. The molecule has 3 aromatic rings. The number of fused-ring (bicyclic) bond motifs is 4. The van der Waals surface area contributed by atoms with Gasteiger partial charge in [0, 0.05) is 0 Å². The standard InChI is InChI=1S/C44H64N2O14/c1-2-38(40-31-43-35-59-27-23-55-19-15-51-11-7-48-8-12-52-16-20-56-24-28-60-36-44(32-40)46-43)4-3-37(1)39-29-41-33-57-25-21-53-17-13-49-9-5-47-6-10-50-14-18-54-22-26-58-34-42(30-39)45-41/h1-4,29-32H,5-28,33-36H2. The van der Waals surface area contributed by atoms with Gasteiger partial charge in [0.1, 0.15) is 0 Å². The largest absolute Gasteiger partial charge is 0.377 e. The van der Waals surface area contributed by atoms with Crippen LogP contribution in [-0.2, 0) is 92.7 Å². The van der Waals surface area contributed by atoms with Gasteiger partial charge in [0.15, 0.2) is 0 Å². The Morgan fingerprint density at radius 2 is 0.383 bits per heavy atom. The smallest absolute Gasteiger partial charge is 0.0889 e. The molecule has 2 aromatic heterocycles. The van der Waals surface area contributed by atoms with E-state index >= 15 is 0 Å². The van der Waals surface area contributed by atoms with Gasteiger partial charge < -0.3 is 66.3 Å². The fourth-order valence-electron chi connectivity index (χ4n) is 5.93. The predicted octanol–water partition coefficient (Wildman–Crippen LogP) is 4.07. The summed E-state index contributed by atoms with van der Waals surface area (Å²) in [7, 11) is 0. The highest BCUT2D eigenvalue weighted by Crippen LogP contribution is 2.27. The monoisotopic (exact) mass is 844 g/mol. The van der Waals surface area contributed by atoms with Crippen LogP contribution in [0.2, 0.25) is 0 Å². The molecule has 1 aromatic carbocycles. The van der Waals surface area contributed by atoms with E-state index in [1.54, 1.807) is 0 Å². The first-order valence-electron chi connectivity index (χ1n) is 21.0. The van der Waals surface area contributed by atoms with E-state index in [1.165, 1.54) is 0 Å². The van der Waals surface area contributed by atoms with Crippen molar-refractivity contribution in [2.24, 2.45) is 0 Å². The average molecular weight is 845 g/mol. The molecule has 16 nitrogen and oxygen atoms in total. The van der Waals surface area contributed by atoms with Gasteiger partial charge in [-0.2, -0.15) is 0 Å². The van der Waals surface area contributed by atoms with E-state index in [1.807, 2.05) is 0 Å². The minimum absolute atomic E-state index is 0.336. The van der Waals surface area contributed by atoms with Crippen molar-refractivity contribution in [1.29, 1.82) is 0 Å². The first-order chi connectivity index (χ1) is 29.8. The van der Waals surface area contributed by atoms with Crippen molar-refractivity contribution in [3.05, 3.63) is 71.3 Å². The van der Waals surface area contributed by atoms with E-state index in [4.69, 9.17) is 76.3 Å². The van der Waals surface area contributed by atoms with Crippen molar-refractivity contribution in [2.75, 3.05) is 159 Å². The normalized spacial score (nSPS) is 20.5. The van der Waals surface area contributed by atoms with Crippen LogP contribution in [0.4, 0.5) is 0 Å². The summed E-state index contributed by atoms with van der Waals surface area (Å²) in [5.74, 6) is 0. The Balaban J connectivity index is 1.22. The molecule has 0 spiro atoms. The zero-order valence-electron chi connectivity index (χ0n) is 35.0. The summed E-state index contributed by atoms with van der Waals surface area (Å²) in [5.41, 5.74) is 7.31. The molecule has 0 aliphatic carbocycles. The number of hydrogen-bond acceptors (Lipinski definition) is 16. The topological polar surface area (TPSA) is 155 Å². The summed E-state index contributed by atoms with van der Waals surface area (Å²) in [6.45, 7) is 12.9. The summed E-state index contributed by atoms with van der Waals surface area (Å²) in [6, 6.07) is 16.7.